The van der Waals surface area contributed by atoms with Gasteiger partial charge in [0, 0.05) is 18.4 Å². The second-order valence-corrected chi connectivity index (χ2v) is 8.58. The summed E-state index contributed by atoms with van der Waals surface area (Å²) in [5.74, 6) is 0.625. The number of nitrogens with one attached hydrogen (secondary N) is 2. The molecule has 0 unspecified atom stereocenters. The van der Waals surface area contributed by atoms with Gasteiger partial charge in [0.2, 0.25) is 5.91 Å². The molecule has 0 bridgehead atoms. The van der Waals surface area contributed by atoms with Crippen molar-refractivity contribution in [3.63, 3.8) is 0 Å². The number of piperidine rings is 1. The van der Waals surface area contributed by atoms with Crippen molar-refractivity contribution in [3.8, 4) is 0 Å². The van der Waals surface area contributed by atoms with Crippen molar-refractivity contribution in [2.24, 2.45) is 5.92 Å². The molecule has 128 valence electrons. The topological polar surface area (TPSA) is 75.3 Å². The molecule has 0 aliphatic carbocycles. The molecule has 1 aliphatic rings. The van der Waals surface area contributed by atoms with Gasteiger partial charge in [-0.2, -0.15) is 0 Å². The highest BCUT2D eigenvalue weighted by molar-refractivity contribution is 7.89. The predicted molar refractivity (Wildman–Crippen MR) is 93.2 cm³/mol. The van der Waals surface area contributed by atoms with Crippen molar-refractivity contribution >= 4 is 21.4 Å². The van der Waals surface area contributed by atoms with Gasteiger partial charge in [-0.15, -0.1) is 0 Å². The van der Waals surface area contributed by atoms with Gasteiger partial charge in [-0.1, -0.05) is 12.1 Å². The van der Waals surface area contributed by atoms with Gasteiger partial charge in [0.15, 0.2) is 9.84 Å². The number of rotatable bonds is 6. The number of sulfone groups is 1. The molecule has 1 amide bonds. The Hall–Kier alpha value is -1.40. The van der Waals surface area contributed by atoms with Gasteiger partial charge in [-0.3, -0.25) is 4.79 Å². The smallest absolute Gasteiger partial charge is 0.224 e. The molecule has 1 saturated heterocycles. The molecule has 1 aliphatic heterocycles. The van der Waals surface area contributed by atoms with Gasteiger partial charge in [-0.25, -0.2) is 8.42 Å². The molecule has 1 fully saturated rings. The minimum atomic E-state index is -3.09. The molecule has 6 heteroatoms. The Morgan fingerprint density at radius 1 is 1.30 bits per heavy atom. The lowest BCUT2D eigenvalue weighted by molar-refractivity contribution is -0.116. The molecule has 0 atom stereocenters. The summed E-state index contributed by atoms with van der Waals surface area (Å²) in [6, 6.07) is 5.40. The lowest BCUT2D eigenvalue weighted by Gasteiger charge is -2.22. The van der Waals surface area contributed by atoms with E-state index in [1.807, 2.05) is 13.0 Å². The lowest BCUT2D eigenvalue weighted by atomic mass is 9.93. The first-order valence-corrected chi connectivity index (χ1v) is 10.2. The summed E-state index contributed by atoms with van der Waals surface area (Å²) < 4.78 is 22.9. The third kappa shape index (κ3) is 5.95. The van der Waals surface area contributed by atoms with E-state index in [9.17, 15) is 13.2 Å². The Morgan fingerprint density at radius 2 is 2.00 bits per heavy atom. The van der Waals surface area contributed by atoms with E-state index in [-0.39, 0.29) is 11.7 Å². The highest BCUT2D eigenvalue weighted by Gasteiger charge is 2.15. The van der Waals surface area contributed by atoms with Crippen molar-refractivity contribution in [1.29, 1.82) is 0 Å². The Balaban J connectivity index is 1.93. The van der Waals surface area contributed by atoms with Crippen LogP contribution in [0.5, 0.6) is 0 Å². The van der Waals surface area contributed by atoms with Crippen molar-refractivity contribution in [2.45, 2.75) is 38.4 Å². The van der Waals surface area contributed by atoms with E-state index in [4.69, 9.17) is 0 Å². The maximum atomic E-state index is 12.2. The number of amides is 1. The fourth-order valence-electron chi connectivity index (χ4n) is 2.98. The fourth-order valence-corrected chi connectivity index (χ4v) is 3.85. The summed E-state index contributed by atoms with van der Waals surface area (Å²) >= 11 is 0. The summed E-state index contributed by atoms with van der Waals surface area (Å²) in [7, 11) is -3.09. The maximum absolute atomic E-state index is 12.2. The summed E-state index contributed by atoms with van der Waals surface area (Å²) in [4.78, 5) is 12.2. The maximum Gasteiger partial charge on any atom is 0.224 e. The molecule has 0 aromatic heterocycles. The summed E-state index contributed by atoms with van der Waals surface area (Å²) in [5.41, 5.74) is 2.28. The lowest BCUT2D eigenvalue weighted by Crippen LogP contribution is -2.28. The number of benzene rings is 1. The molecule has 0 radical (unpaired) electrons. The Morgan fingerprint density at radius 3 is 2.65 bits per heavy atom. The highest BCUT2D eigenvalue weighted by Crippen LogP contribution is 2.22. The first kappa shape index (κ1) is 17.9. The third-order valence-corrected chi connectivity index (χ3v) is 5.21. The van der Waals surface area contributed by atoms with Gasteiger partial charge in [0.25, 0.3) is 0 Å². The van der Waals surface area contributed by atoms with Crippen molar-refractivity contribution in [1.82, 2.24) is 5.32 Å². The molecular formula is C17H26N2O3S. The molecular weight excluding hydrogens is 312 g/mol. The van der Waals surface area contributed by atoms with E-state index >= 15 is 0 Å². The van der Waals surface area contributed by atoms with E-state index in [0.29, 0.717) is 18.0 Å². The molecule has 5 nitrogen and oxygen atoms in total. The molecule has 1 aromatic carbocycles. The minimum Gasteiger partial charge on any atom is -0.326 e. The molecule has 2 rings (SSSR count). The van der Waals surface area contributed by atoms with E-state index in [1.54, 1.807) is 12.1 Å². The van der Waals surface area contributed by atoms with E-state index in [0.717, 1.165) is 43.5 Å². The summed E-state index contributed by atoms with van der Waals surface area (Å²) in [5, 5.41) is 6.25. The molecule has 1 aromatic rings. The zero-order chi connectivity index (χ0) is 16.9. The van der Waals surface area contributed by atoms with E-state index in [1.165, 1.54) is 6.26 Å². The van der Waals surface area contributed by atoms with Gasteiger partial charge in [0.05, 0.1) is 5.75 Å². The van der Waals surface area contributed by atoms with Crippen LogP contribution in [0.1, 0.15) is 36.8 Å². The molecule has 0 saturated carbocycles. The van der Waals surface area contributed by atoms with Crippen LogP contribution in [0.4, 0.5) is 5.69 Å². The van der Waals surface area contributed by atoms with Crippen LogP contribution in [0.15, 0.2) is 18.2 Å². The van der Waals surface area contributed by atoms with Crippen LogP contribution >= 0.6 is 0 Å². The normalized spacial score (nSPS) is 16.3. The number of carbonyl (C=O) groups excluding carboxylic acids is 1. The third-order valence-electron chi connectivity index (χ3n) is 4.38. The second-order valence-electron chi connectivity index (χ2n) is 6.44. The summed E-state index contributed by atoms with van der Waals surface area (Å²) in [6.07, 6.45) is 4.92. The zero-order valence-electron chi connectivity index (χ0n) is 13.9. The predicted octanol–water partition coefficient (Wildman–Crippen LogP) is 2.26. The van der Waals surface area contributed by atoms with Crippen LogP contribution in [0.25, 0.3) is 0 Å². The van der Waals surface area contributed by atoms with E-state index in [2.05, 4.69) is 10.6 Å². The first-order chi connectivity index (χ1) is 10.8. The number of hydrogen-bond acceptors (Lipinski definition) is 4. The fraction of sp³-hybridized carbons (Fsp3) is 0.588. The monoisotopic (exact) mass is 338 g/mol. The average molecular weight is 338 g/mol. The van der Waals surface area contributed by atoms with Crippen LogP contribution in [0.3, 0.4) is 0 Å². The van der Waals surface area contributed by atoms with Gasteiger partial charge >= 0.3 is 0 Å². The first-order valence-electron chi connectivity index (χ1n) is 8.12. The van der Waals surface area contributed by atoms with Crippen LogP contribution in [0, 0.1) is 12.8 Å². The zero-order valence-corrected chi connectivity index (χ0v) is 14.7. The Bertz CT molecular complexity index is 650. The molecule has 2 N–H and O–H groups in total. The number of hydrogen-bond donors (Lipinski definition) is 2. The van der Waals surface area contributed by atoms with Gasteiger partial charge < -0.3 is 10.6 Å². The SMILES string of the molecule is Cc1c(CS(C)(=O)=O)cccc1NC(=O)CCC1CCNCC1. The quantitative estimate of drug-likeness (QED) is 0.834. The average Bonchev–Trinajstić information content (AvgIpc) is 2.49. The van der Waals surface area contributed by atoms with Crippen LogP contribution in [0.2, 0.25) is 0 Å². The Kier molecular flexibility index (Phi) is 6.18. The molecule has 23 heavy (non-hydrogen) atoms. The number of carbonyl (C=O) groups is 1. The largest absolute Gasteiger partial charge is 0.326 e. The standard InChI is InChI=1S/C17H26N2O3S/c1-13-15(12-23(2,21)22)4-3-5-16(13)19-17(20)7-6-14-8-10-18-11-9-14/h3-5,14,18H,6-12H2,1-2H3,(H,19,20). The van der Waals surface area contributed by atoms with Gasteiger partial charge in [-0.05, 0) is 62.4 Å². The van der Waals surface area contributed by atoms with E-state index < -0.39 is 9.84 Å². The molecule has 1 heterocycles. The van der Waals surface area contributed by atoms with Crippen molar-refractivity contribution < 1.29 is 13.2 Å². The highest BCUT2D eigenvalue weighted by atomic mass is 32.2. The molecule has 0 spiro atoms. The van der Waals surface area contributed by atoms with Crippen molar-refractivity contribution in [2.75, 3.05) is 24.7 Å². The van der Waals surface area contributed by atoms with Crippen LogP contribution in [-0.2, 0) is 20.4 Å². The minimum absolute atomic E-state index is 0.00236. The van der Waals surface area contributed by atoms with Crippen LogP contribution in [-0.4, -0.2) is 33.7 Å². The van der Waals surface area contributed by atoms with Crippen molar-refractivity contribution in [3.05, 3.63) is 29.3 Å². The van der Waals surface area contributed by atoms with Crippen LogP contribution < -0.4 is 10.6 Å². The second kappa shape index (κ2) is 7.93. The number of anilines is 1. The van der Waals surface area contributed by atoms with Gasteiger partial charge in [0.1, 0.15) is 0 Å². The summed E-state index contributed by atoms with van der Waals surface area (Å²) in [6.45, 7) is 3.93. The Labute approximate surface area is 138 Å².